The van der Waals surface area contributed by atoms with E-state index in [9.17, 15) is 15.0 Å². The van der Waals surface area contributed by atoms with Crippen molar-refractivity contribution in [3.8, 4) is 11.3 Å². The van der Waals surface area contributed by atoms with E-state index in [4.69, 9.17) is 0 Å². The molecule has 1 aromatic heterocycles. The lowest BCUT2D eigenvalue weighted by Gasteiger charge is -2.40. The second-order valence-electron chi connectivity index (χ2n) is 6.33. The number of benzene rings is 1. The largest absolute Gasteiger partial charge is 0.478 e. The van der Waals surface area contributed by atoms with E-state index in [0.717, 1.165) is 17.8 Å². The number of aromatic nitrogens is 1. The molecule has 2 aromatic rings. The van der Waals surface area contributed by atoms with Gasteiger partial charge in [0.05, 0.1) is 5.69 Å². The predicted molar refractivity (Wildman–Crippen MR) is 97.0 cm³/mol. The maximum absolute atomic E-state index is 11.7. The van der Waals surface area contributed by atoms with Gasteiger partial charge in [-0.3, -0.25) is 4.90 Å². The van der Waals surface area contributed by atoms with Gasteiger partial charge in [0.1, 0.15) is 11.4 Å². The Kier molecular flexibility index (Phi) is 5.31. The van der Waals surface area contributed by atoms with Gasteiger partial charge in [0.25, 0.3) is 0 Å². The highest BCUT2D eigenvalue weighted by atomic mass is 16.4. The summed E-state index contributed by atoms with van der Waals surface area (Å²) in [5.74, 6) is -0.468. The fraction of sp³-hybridized carbons (Fsp3) is 0.368. The number of pyridine rings is 1. The molecule has 132 valence electrons. The van der Waals surface area contributed by atoms with Crippen LogP contribution in [0.1, 0.15) is 16.8 Å². The number of nitrogens with zero attached hydrogens (tertiary/aromatic N) is 3. The van der Waals surface area contributed by atoms with Crippen molar-refractivity contribution in [1.82, 2.24) is 9.88 Å². The van der Waals surface area contributed by atoms with Gasteiger partial charge in [-0.1, -0.05) is 30.3 Å². The molecule has 2 N–H and O–H groups in total. The summed E-state index contributed by atoms with van der Waals surface area (Å²) in [6.45, 7) is 2.29. The van der Waals surface area contributed by atoms with Crippen LogP contribution >= 0.6 is 0 Å². The van der Waals surface area contributed by atoms with Crippen LogP contribution in [0, 0.1) is 0 Å². The average molecular weight is 341 g/mol. The molecule has 0 saturated carbocycles. The third-order valence-electron chi connectivity index (χ3n) is 4.71. The lowest BCUT2D eigenvalue weighted by Crippen LogP contribution is -2.52. The Morgan fingerprint density at radius 1 is 1.20 bits per heavy atom. The highest BCUT2D eigenvalue weighted by Gasteiger charge is 2.27. The number of aliphatic hydroxyl groups excluding tert-OH is 1. The summed E-state index contributed by atoms with van der Waals surface area (Å²) < 4.78 is 0. The maximum Gasteiger partial charge on any atom is 0.339 e. The first-order chi connectivity index (χ1) is 12.1. The lowest BCUT2D eigenvalue weighted by molar-refractivity contribution is 0.0696. The first-order valence-electron chi connectivity index (χ1n) is 8.46. The predicted octanol–water partition coefficient (Wildman–Crippen LogP) is 1.95. The summed E-state index contributed by atoms with van der Waals surface area (Å²) in [5.41, 5.74) is 1.94. The number of rotatable bonds is 5. The molecule has 6 nitrogen and oxygen atoms in total. The van der Waals surface area contributed by atoms with E-state index >= 15 is 0 Å². The van der Waals surface area contributed by atoms with Crippen LogP contribution in [0.3, 0.4) is 0 Å². The molecule has 0 bridgehead atoms. The van der Waals surface area contributed by atoms with E-state index < -0.39 is 5.97 Å². The molecule has 0 spiro atoms. The number of hydrogen-bond donors (Lipinski definition) is 2. The molecule has 0 radical (unpaired) electrons. The Bertz CT molecular complexity index is 736. The van der Waals surface area contributed by atoms with Crippen molar-refractivity contribution in [1.29, 1.82) is 0 Å². The van der Waals surface area contributed by atoms with Crippen molar-refractivity contribution in [3.05, 3.63) is 48.0 Å². The van der Waals surface area contributed by atoms with Crippen LogP contribution in [0.4, 0.5) is 5.82 Å². The quantitative estimate of drug-likeness (QED) is 0.866. The van der Waals surface area contributed by atoms with Crippen molar-refractivity contribution in [2.24, 2.45) is 0 Å². The third-order valence-corrected chi connectivity index (χ3v) is 4.71. The Morgan fingerprint density at radius 3 is 2.64 bits per heavy atom. The summed E-state index contributed by atoms with van der Waals surface area (Å²) in [6, 6.07) is 13.3. The second-order valence-corrected chi connectivity index (χ2v) is 6.33. The lowest BCUT2D eigenvalue weighted by atomic mass is 10.1. The zero-order valence-corrected chi connectivity index (χ0v) is 14.3. The maximum atomic E-state index is 11.7. The van der Waals surface area contributed by atoms with Crippen molar-refractivity contribution < 1.29 is 15.0 Å². The van der Waals surface area contributed by atoms with Crippen LogP contribution in [0.15, 0.2) is 42.5 Å². The number of carboxylic acids is 1. The minimum absolute atomic E-state index is 0.117. The number of piperazine rings is 1. The molecule has 0 amide bonds. The summed E-state index contributed by atoms with van der Waals surface area (Å²) in [6.07, 6.45) is 0.660. The van der Waals surface area contributed by atoms with E-state index in [1.165, 1.54) is 0 Å². The summed E-state index contributed by atoms with van der Waals surface area (Å²) in [5, 5.41) is 18.8. The fourth-order valence-electron chi connectivity index (χ4n) is 3.23. The van der Waals surface area contributed by atoms with Crippen molar-refractivity contribution in [2.75, 3.05) is 38.2 Å². The molecule has 1 atom stereocenters. The van der Waals surface area contributed by atoms with Gasteiger partial charge in [0.15, 0.2) is 0 Å². The minimum atomic E-state index is -0.972. The average Bonchev–Trinajstić information content (AvgIpc) is 2.64. The van der Waals surface area contributed by atoms with Gasteiger partial charge in [-0.25, -0.2) is 9.78 Å². The highest BCUT2D eigenvalue weighted by molar-refractivity contribution is 5.94. The molecule has 0 unspecified atom stereocenters. The van der Waals surface area contributed by atoms with Crippen LogP contribution in [-0.2, 0) is 0 Å². The number of aromatic carboxylic acids is 1. The Labute approximate surface area is 147 Å². The van der Waals surface area contributed by atoms with Gasteiger partial charge < -0.3 is 15.1 Å². The van der Waals surface area contributed by atoms with Crippen LogP contribution in [-0.4, -0.2) is 65.4 Å². The van der Waals surface area contributed by atoms with Crippen molar-refractivity contribution >= 4 is 11.8 Å². The zero-order chi connectivity index (χ0) is 17.8. The van der Waals surface area contributed by atoms with Crippen LogP contribution < -0.4 is 4.90 Å². The van der Waals surface area contributed by atoms with Gasteiger partial charge in [0, 0.05) is 37.8 Å². The summed E-state index contributed by atoms with van der Waals surface area (Å²) >= 11 is 0. The number of likely N-dealkylation sites (N-methyl/N-ethyl adjacent to an activating group) is 1. The Hall–Kier alpha value is -2.44. The number of anilines is 1. The van der Waals surface area contributed by atoms with Crippen molar-refractivity contribution in [3.63, 3.8) is 0 Å². The standard InChI is InChI=1S/C19H23N3O3/c1-21-10-11-22(13-15(21)9-12-23)18-16(19(24)25)7-8-17(20-18)14-5-3-2-4-6-14/h2-8,15,23H,9-13H2,1H3,(H,24,25)/t15-/m1/s1. The monoisotopic (exact) mass is 341 g/mol. The smallest absolute Gasteiger partial charge is 0.339 e. The molecule has 25 heavy (non-hydrogen) atoms. The van der Waals surface area contributed by atoms with Gasteiger partial charge in [-0.15, -0.1) is 0 Å². The van der Waals surface area contributed by atoms with E-state index in [1.54, 1.807) is 12.1 Å². The molecule has 1 aliphatic heterocycles. The van der Waals surface area contributed by atoms with Gasteiger partial charge in [-0.05, 0) is 25.6 Å². The molecule has 3 rings (SSSR count). The molecule has 1 saturated heterocycles. The Balaban J connectivity index is 1.96. The fourth-order valence-corrected chi connectivity index (χ4v) is 3.23. The first-order valence-corrected chi connectivity index (χ1v) is 8.46. The molecule has 2 heterocycles. The topological polar surface area (TPSA) is 76.9 Å². The van der Waals surface area contributed by atoms with Crippen LogP contribution in [0.25, 0.3) is 11.3 Å². The normalized spacial score (nSPS) is 18.3. The molecule has 1 aliphatic rings. The molecule has 1 fully saturated rings. The van der Waals surface area contributed by atoms with Crippen LogP contribution in [0.5, 0.6) is 0 Å². The molecule has 1 aromatic carbocycles. The highest BCUT2D eigenvalue weighted by Crippen LogP contribution is 2.26. The van der Waals surface area contributed by atoms with Crippen molar-refractivity contribution in [2.45, 2.75) is 12.5 Å². The van der Waals surface area contributed by atoms with Gasteiger partial charge >= 0.3 is 5.97 Å². The zero-order valence-electron chi connectivity index (χ0n) is 14.3. The number of carbonyl (C=O) groups is 1. The second kappa shape index (κ2) is 7.63. The van der Waals surface area contributed by atoms with E-state index in [0.29, 0.717) is 25.3 Å². The van der Waals surface area contributed by atoms with Gasteiger partial charge in [-0.2, -0.15) is 0 Å². The molecule has 0 aliphatic carbocycles. The van der Waals surface area contributed by atoms with Crippen LogP contribution in [0.2, 0.25) is 0 Å². The molecular weight excluding hydrogens is 318 g/mol. The molecular formula is C19H23N3O3. The Morgan fingerprint density at radius 2 is 1.96 bits per heavy atom. The summed E-state index contributed by atoms with van der Waals surface area (Å²) in [4.78, 5) is 20.6. The number of aliphatic hydroxyl groups is 1. The van der Waals surface area contributed by atoms with E-state index in [2.05, 4.69) is 9.88 Å². The number of carboxylic acid groups (broad SMARTS) is 1. The SMILES string of the molecule is CN1CCN(c2nc(-c3ccccc3)ccc2C(=O)O)C[C@H]1CCO. The van der Waals surface area contributed by atoms with Gasteiger partial charge in [0.2, 0.25) is 0 Å². The summed E-state index contributed by atoms with van der Waals surface area (Å²) in [7, 11) is 2.03. The minimum Gasteiger partial charge on any atom is -0.478 e. The molecule has 6 heteroatoms. The third kappa shape index (κ3) is 3.81. The van der Waals surface area contributed by atoms with E-state index in [-0.39, 0.29) is 18.2 Å². The van der Waals surface area contributed by atoms with E-state index in [1.807, 2.05) is 42.3 Å². The number of hydrogen-bond acceptors (Lipinski definition) is 5. The first kappa shape index (κ1) is 17.4.